The van der Waals surface area contributed by atoms with Crippen LogP contribution >= 0.6 is 0 Å². The van der Waals surface area contributed by atoms with Gasteiger partial charge in [0.25, 0.3) is 5.56 Å². The van der Waals surface area contributed by atoms with Gasteiger partial charge in [0.2, 0.25) is 0 Å². The van der Waals surface area contributed by atoms with Gasteiger partial charge in [-0.25, -0.2) is 0 Å². The van der Waals surface area contributed by atoms with Crippen molar-refractivity contribution >= 4 is 27.6 Å². The molecule has 3 heterocycles. The molecule has 1 saturated heterocycles. The Hall–Kier alpha value is -3.18. The van der Waals surface area contributed by atoms with Crippen molar-refractivity contribution in [3.63, 3.8) is 0 Å². The first-order chi connectivity index (χ1) is 14.6. The Balaban J connectivity index is 1.40. The van der Waals surface area contributed by atoms with Crippen LogP contribution in [0.15, 0.2) is 59.4 Å². The number of aromatic amines is 2. The van der Waals surface area contributed by atoms with Crippen LogP contribution in [0.25, 0.3) is 33.1 Å². The van der Waals surface area contributed by atoms with Crippen molar-refractivity contribution < 1.29 is 4.79 Å². The number of rotatable bonds is 4. The number of hydrogen-bond acceptors (Lipinski definition) is 3. The quantitative estimate of drug-likeness (QED) is 0.532. The SMILES string of the molecule is CC(=O)C1CCN(Cc2ccc3[nH]c(-c4cc5ccccc5[nH]c4=O)cc3c2)CC1. The summed E-state index contributed by atoms with van der Waals surface area (Å²) in [5.74, 6) is 0.551. The summed E-state index contributed by atoms with van der Waals surface area (Å²) in [4.78, 5) is 33.0. The number of likely N-dealkylation sites (tertiary alicyclic amines) is 1. The second-order valence-corrected chi connectivity index (χ2v) is 8.37. The van der Waals surface area contributed by atoms with Gasteiger partial charge < -0.3 is 9.97 Å². The first-order valence-electron chi connectivity index (χ1n) is 10.5. The fourth-order valence-corrected chi connectivity index (χ4v) is 4.53. The molecule has 0 saturated carbocycles. The molecule has 1 fully saturated rings. The zero-order chi connectivity index (χ0) is 20.7. The van der Waals surface area contributed by atoms with E-state index in [0.29, 0.717) is 11.3 Å². The lowest BCUT2D eigenvalue weighted by molar-refractivity contribution is -0.122. The summed E-state index contributed by atoms with van der Waals surface area (Å²) in [5, 5.41) is 2.12. The van der Waals surface area contributed by atoms with Crippen molar-refractivity contribution in [3.05, 3.63) is 70.5 Å². The van der Waals surface area contributed by atoms with Crippen LogP contribution in [0.3, 0.4) is 0 Å². The van der Waals surface area contributed by atoms with Gasteiger partial charge in [0.1, 0.15) is 5.78 Å². The molecule has 0 radical (unpaired) electrons. The molecule has 0 aliphatic carbocycles. The van der Waals surface area contributed by atoms with Crippen LogP contribution in [0.5, 0.6) is 0 Å². The highest BCUT2D eigenvalue weighted by Gasteiger charge is 2.22. The molecule has 152 valence electrons. The number of benzene rings is 2. The fraction of sp³-hybridized carbons (Fsp3) is 0.280. The zero-order valence-electron chi connectivity index (χ0n) is 17.1. The van der Waals surface area contributed by atoms with E-state index in [-0.39, 0.29) is 11.5 Å². The predicted molar refractivity (Wildman–Crippen MR) is 121 cm³/mol. The summed E-state index contributed by atoms with van der Waals surface area (Å²) < 4.78 is 0. The molecule has 0 bridgehead atoms. The number of ketones is 1. The lowest BCUT2D eigenvalue weighted by Crippen LogP contribution is -2.35. The first kappa shape index (κ1) is 18.8. The molecule has 0 atom stereocenters. The van der Waals surface area contributed by atoms with Crippen molar-refractivity contribution in [1.82, 2.24) is 14.9 Å². The van der Waals surface area contributed by atoms with Gasteiger partial charge in [-0.15, -0.1) is 0 Å². The number of piperidine rings is 1. The van der Waals surface area contributed by atoms with Crippen molar-refractivity contribution in [3.8, 4) is 11.3 Å². The first-order valence-corrected chi connectivity index (χ1v) is 10.5. The Kier molecular flexibility index (Phi) is 4.75. The molecule has 5 rings (SSSR count). The smallest absolute Gasteiger partial charge is 0.257 e. The van der Waals surface area contributed by atoms with Gasteiger partial charge in [-0.05, 0) is 74.1 Å². The van der Waals surface area contributed by atoms with Gasteiger partial charge in [-0.3, -0.25) is 14.5 Å². The van der Waals surface area contributed by atoms with Crippen molar-refractivity contribution in [2.45, 2.75) is 26.3 Å². The van der Waals surface area contributed by atoms with E-state index in [2.05, 4.69) is 39.1 Å². The average molecular weight is 399 g/mol. The fourth-order valence-electron chi connectivity index (χ4n) is 4.53. The van der Waals surface area contributed by atoms with Gasteiger partial charge in [0.15, 0.2) is 0 Å². The number of nitrogens with one attached hydrogen (secondary N) is 2. The maximum Gasteiger partial charge on any atom is 0.257 e. The Morgan fingerprint density at radius 2 is 1.73 bits per heavy atom. The second-order valence-electron chi connectivity index (χ2n) is 8.37. The number of aromatic nitrogens is 2. The van der Waals surface area contributed by atoms with Crippen LogP contribution in [0.4, 0.5) is 0 Å². The summed E-state index contributed by atoms with van der Waals surface area (Å²) in [7, 11) is 0. The summed E-state index contributed by atoms with van der Waals surface area (Å²) in [5.41, 5.74) is 4.51. The van der Waals surface area contributed by atoms with Crippen molar-refractivity contribution in [1.29, 1.82) is 0 Å². The number of carbonyl (C=O) groups excluding carboxylic acids is 1. The highest BCUT2D eigenvalue weighted by Crippen LogP contribution is 2.26. The number of H-pyrrole nitrogens is 2. The van der Waals surface area contributed by atoms with E-state index < -0.39 is 0 Å². The molecule has 2 N–H and O–H groups in total. The van der Waals surface area contributed by atoms with Crippen LogP contribution in [0.2, 0.25) is 0 Å². The molecule has 1 aliphatic heterocycles. The van der Waals surface area contributed by atoms with E-state index in [1.807, 2.05) is 30.3 Å². The third kappa shape index (κ3) is 3.57. The molecule has 1 aliphatic rings. The predicted octanol–water partition coefficient (Wildman–Crippen LogP) is 4.48. The van der Waals surface area contributed by atoms with Crippen LogP contribution in [0, 0.1) is 5.92 Å². The van der Waals surface area contributed by atoms with Crippen LogP contribution in [0.1, 0.15) is 25.3 Å². The van der Waals surface area contributed by atoms with E-state index in [0.717, 1.165) is 60.0 Å². The molecule has 2 aromatic carbocycles. The Morgan fingerprint density at radius 3 is 2.53 bits per heavy atom. The lowest BCUT2D eigenvalue weighted by Gasteiger charge is -2.30. The third-order valence-electron chi connectivity index (χ3n) is 6.30. The van der Waals surface area contributed by atoms with Gasteiger partial charge in [0, 0.05) is 28.9 Å². The van der Waals surface area contributed by atoms with Gasteiger partial charge in [0.05, 0.1) is 11.3 Å². The zero-order valence-corrected chi connectivity index (χ0v) is 17.1. The minimum absolute atomic E-state index is 0.0891. The molecule has 5 nitrogen and oxygen atoms in total. The minimum atomic E-state index is -0.0891. The third-order valence-corrected chi connectivity index (χ3v) is 6.30. The Labute approximate surface area is 174 Å². The summed E-state index contributed by atoms with van der Waals surface area (Å²) in [6.07, 6.45) is 1.91. The Morgan fingerprint density at radius 1 is 0.967 bits per heavy atom. The highest BCUT2D eigenvalue weighted by atomic mass is 16.1. The lowest BCUT2D eigenvalue weighted by atomic mass is 9.93. The van der Waals surface area contributed by atoms with E-state index >= 15 is 0 Å². The summed E-state index contributed by atoms with van der Waals surface area (Å²) in [6, 6.07) is 18.2. The van der Waals surface area contributed by atoms with Crippen LogP contribution < -0.4 is 5.56 Å². The van der Waals surface area contributed by atoms with E-state index in [1.54, 1.807) is 6.92 Å². The van der Waals surface area contributed by atoms with Gasteiger partial charge in [-0.2, -0.15) is 0 Å². The number of nitrogens with zero attached hydrogens (tertiary/aromatic N) is 1. The maximum atomic E-state index is 12.6. The molecule has 4 aromatic rings. The van der Waals surface area contributed by atoms with E-state index in [1.165, 1.54) is 5.56 Å². The molecule has 5 heteroatoms. The minimum Gasteiger partial charge on any atom is -0.354 e. The number of carbonyl (C=O) groups is 1. The Bertz CT molecular complexity index is 1290. The van der Waals surface area contributed by atoms with E-state index in [9.17, 15) is 9.59 Å². The van der Waals surface area contributed by atoms with Crippen LogP contribution in [-0.4, -0.2) is 33.7 Å². The van der Waals surface area contributed by atoms with E-state index in [4.69, 9.17) is 0 Å². The number of fused-ring (bicyclic) bond motifs is 2. The molecular weight excluding hydrogens is 374 g/mol. The van der Waals surface area contributed by atoms with Gasteiger partial charge >= 0.3 is 0 Å². The molecular formula is C25H25N3O2. The molecule has 0 spiro atoms. The number of pyridine rings is 1. The molecule has 2 aromatic heterocycles. The molecule has 30 heavy (non-hydrogen) atoms. The molecule has 0 unspecified atom stereocenters. The summed E-state index contributed by atoms with van der Waals surface area (Å²) in [6.45, 7) is 4.52. The normalized spacial score (nSPS) is 15.8. The molecule has 0 amide bonds. The standard InChI is InChI=1S/C25H25N3O2/c1-16(29)18-8-10-28(11-9-18)15-17-6-7-23-20(12-17)14-24(26-23)21-13-19-4-2-3-5-22(19)27-25(21)30/h2-7,12-14,18,26H,8-11,15H2,1H3,(H,27,30). The summed E-state index contributed by atoms with van der Waals surface area (Å²) >= 11 is 0. The maximum absolute atomic E-state index is 12.6. The number of Topliss-reactive ketones (excluding diaryl/α,β-unsaturated/α-hetero) is 1. The second kappa shape index (κ2) is 7.58. The van der Waals surface area contributed by atoms with Gasteiger partial charge in [-0.1, -0.05) is 24.3 Å². The number of para-hydroxylation sites is 1. The average Bonchev–Trinajstić information content (AvgIpc) is 3.16. The van der Waals surface area contributed by atoms with Crippen molar-refractivity contribution in [2.24, 2.45) is 5.92 Å². The van der Waals surface area contributed by atoms with Crippen molar-refractivity contribution in [2.75, 3.05) is 13.1 Å². The monoisotopic (exact) mass is 399 g/mol. The van der Waals surface area contributed by atoms with Crippen LogP contribution in [-0.2, 0) is 11.3 Å². The number of hydrogen-bond donors (Lipinski definition) is 2. The topological polar surface area (TPSA) is 69.0 Å². The largest absolute Gasteiger partial charge is 0.354 e. The highest BCUT2D eigenvalue weighted by molar-refractivity contribution is 5.89.